The molecule has 0 unspecified atom stereocenters. The predicted molar refractivity (Wildman–Crippen MR) is 75.1 cm³/mol. The summed E-state index contributed by atoms with van der Waals surface area (Å²) in [6, 6.07) is 4.35. The molecule has 0 radical (unpaired) electrons. The number of carbonyl (C=O) groups is 1. The number of halogens is 1. The lowest BCUT2D eigenvalue weighted by Crippen LogP contribution is -2.17. The van der Waals surface area contributed by atoms with Crippen LogP contribution in [-0.2, 0) is 14.6 Å². The lowest BCUT2D eigenvalue weighted by Gasteiger charge is -2.06. The van der Waals surface area contributed by atoms with Crippen molar-refractivity contribution in [2.45, 2.75) is 13.3 Å². The lowest BCUT2D eigenvalue weighted by molar-refractivity contribution is 0.0529. The van der Waals surface area contributed by atoms with Gasteiger partial charge >= 0.3 is 5.97 Å². The van der Waals surface area contributed by atoms with Gasteiger partial charge < -0.3 is 10.5 Å². The second kappa shape index (κ2) is 6.77. The number of hydrogen-bond donors (Lipinski definition) is 1. The Balaban J connectivity index is 2.57. The zero-order valence-corrected chi connectivity index (χ0v) is 12.1. The van der Waals surface area contributed by atoms with Gasteiger partial charge in [-0.05, 0) is 24.6 Å². The van der Waals surface area contributed by atoms with Crippen LogP contribution < -0.4 is 5.73 Å². The third kappa shape index (κ3) is 5.48. The molecule has 0 aliphatic heterocycles. The summed E-state index contributed by atoms with van der Waals surface area (Å²) in [5.41, 5.74) is 6.10. The number of hydrogen-bond acceptors (Lipinski definition) is 5. The van der Waals surface area contributed by atoms with Crippen LogP contribution >= 0.6 is 11.6 Å². The van der Waals surface area contributed by atoms with E-state index in [0.29, 0.717) is 17.1 Å². The molecule has 0 amide bonds. The minimum absolute atomic E-state index is 0.0919. The second-order valence-corrected chi connectivity index (χ2v) is 6.80. The van der Waals surface area contributed by atoms with E-state index in [1.807, 2.05) is 0 Å². The van der Waals surface area contributed by atoms with Gasteiger partial charge in [-0.2, -0.15) is 0 Å². The van der Waals surface area contributed by atoms with E-state index in [2.05, 4.69) is 0 Å². The Hall–Kier alpha value is -1.27. The van der Waals surface area contributed by atoms with Crippen molar-refractivity contribution in [2.75, 3.05) is 23.8 Å². The highest BCUT2D eigenvalue weighted by Crippen LogP contribution is 2.17. The molecule has 0 atom stereocenters. The van der Waals surface area contributed by atoms with Crippen LogP contribution in [0.1, 0.15) is 23.7 Å². The summed E-state index contributed by atoms with van der Waals surface area (Å²) in [6.07, 6.45) is 0.543. The van der Waals surface area contributed by atoms with Gasteiger partial charge in [-0.1, -0.05) is 18.5 Å². The van der Waals surface area contributed by atoms with Crippen molar-refractivity contribution in [1.82, 2.24) is 0 Å². The topological polar surface area (TPSA) is 86.5 Å². The van der Waals surface area contributed by atoms with E-state index in [9.17, 15) is 13.2 Å². The van der Waals surface area contributed by atoms with Gasteiger partial charge in [0.15, 0.2) is 9.84 Å². The van der Waals surface area contributed by atoms with Crippen molar-refractivity contribution < 1.29 is 17.9 Å². The maximum absolute atomic E-state index is 11.7. The van der Waals surface area contributed by atoms with Crippen molar-refractivity contribution in [2.24, 2.45) is 0 Å². The molecule has 1 aromatic rings. The van der Waals surface area contributed by atoms with Crippen molar-refractivity contribution in [3.8, 4) is 0 Å². The third-order valence-corrected chi connectivity index (χ3v) is 4.34. The van der Waals surface area contributed by atoms with Crippen molar-refractivity contribution in [3.63, 3.8) is 0 Å². The van der Waals surface area contributed by atoms with Crippen LogP contribution in [0, 0.1) is 0 Å². The fourth-order valence-electron chi connectivity index (χ4n) is 1.49. The van der Waals surface area contributed by atoms with Crippen LogP contribution in [0.3, 0.4) is 0 Å². The van der Waals surface area contributed by atoms with Gasteiger partial charge in [-0.25, -0.2) is 13.2 Å². The largest absolute Gasteiger partial charge is 0.461 e. The molecular formula is C12H16ClNO4S. The zero-order chi connectivity index (χ0) is 14.5. The summed E-state index contributed by atoms with van der Waals surface area (Å²) in [4.78, 5) is 11.7. The van der Waals surface area contributed by atoms with Gasteiger partial charge in [0.1, 0.15) is 6.61 Å². The van der Waals surface area contributed by atoms with Gasteiger partial charge in [-0.15, -0.1) is 0 Å². The number of anilines is 1. The molecule has 0 aliphatic carbocycles. The monoisotopic (exact) mass is 305 g/mol. The van der Waals surface area contributed by atoms with Crippen LogP contribution in [0.15, 0.2) is 18.2 Å². The molecule has 0 aliphatic rings. The van der Waals surface area contributed by atoms with E-state index in [1.54, 1.807) is 6.92 Å². The summed E-state index contributed by atoms with van der Waals surface area (Å²) < 4.78 is 27.7. The van der Waals surface area contributed by atoms with Gasteiger partial charge in [0, 0.05) is 10.7 Å². The first-order valence-electron chi connectivity index (χ1n) is 5.77. The van der Waals surface area contributed by atoms with Crippen LogP contribution in [0.5, 0.6) is 0 Å². The molecule has 106 valence electrons. The fourth-order valence-corrected chi connectivity index (χ4v) is 2.89. The molecule has 7 heteroatoms. The van der Waals surface area contributed by atoms with E-state index in [1.165, 1.54) is 18.2 Å². The minimum Gasteiger partial charge on any atom is -0.461 e. The summed E-state index contributed by atoms with van der Waals surface area (Å²) >= 11 is 5.76. The Kier molecular flexibility index (Phi) is 5.62. The van der Waals surface area contributed by atoms with Gasteiger partial charge in [-0.3, -0.25) is 0 Å². The summed E-state index contributed by atoms with van der Waals surface area (Å²) in [5, 5.41) is 0.325. The molecule has 0 saturated heterocycles. The Morgan fingerprint density at radius 3 is 2.58 bits per heavy atom. The number of benzene rings is 1. The molecule has 1 rings (SSSR count). The van der Waals surface area contributed by atoms with Crippen LogP contribution in [0.4, 0.5) is 5.69 Å². The normalized spacial score (nSPS) is 11.3. The molecule has 19 heavy (non-hydrogen) atoms. The van der Waals surface area contributed by atoms with Crippen LogP contribution in [-0.4, -0.2) is 32.5 Å². The Bertz CT molecular complexity index is 537. The highest BCUT2D eigenvalue weighted by atomic mass is 35.5. The average molecular weight is 306 g/mol. The first kappa shape index (κ1) is 15.8. The zero-order valence-electron chi connectivity index (χ0n) is 10.6. The van der Waals surface area contributed by atoms with Crippen LogP contribution in [0.25, 0.3) is 0 Å². The number of sulfone groups is 1. The van der Waals surface area contributed by atoms with Crippen LogP contribution in [0.2, 0.25) is 5.02 Å². The highest BCUT2D eigenvalue weighted by molar-refractivity contribution is 7.91. The van der Waals surface area contributed by atoms with Crippen molar-refractivity contribution >= 4 is 33.1 Å². The number of nitrogen functional groups attached to an aromatic ring is 1. The van der Waals surface area contributed by atoms with Crippen molar-refractivity contribution in [3.05, 3.63) is 28.8 Å². The molecule has 1 aromatic carbocycles. The second-order valence-electron chi connectivity index (χ2n) is 4.06. The molecule has 0 saturated carbocycles. The smallest absolute Gasteiger partial charge is 0.338 e. The minimum atomic E-state index is -3.15. The highest BCUT2D eigenvalue weighted by Gasteiger charge is 2.13. The van der Waals surface area contributed by atoms with E-state index >= 15 is 0 Å². The maximum Gasteiger partial charge on any atom is 0.338 e. The molecule has 0 bridgehead atoms. The van der Waals surface area contributed by atoms with Gasteiger partial charge in [0.05, 0.1) is 17.1 Å². The van der Waals surface area contributed by atoms with E-state index in [0.717, 1.165) is 0 Å². The molecule has 2 N–H and O–H groups in total. The standard InChI is InChI=1S/C12H16ClNO4S/c1-2-4-19(16,17)5-3-18-12(15)9-6-10(13)8-11(14)7-9/h6-8H,2-5,14H2,1H3. The number of rotatable bonds is 6. The number of nitrogens with two attached hydrogens (primary N) is 1. The summed E-state index contributed by atoms with van der Waals surface area (Å²) in [5.74, 6) is -0.724. The Labute approximate surface area is 117 Å². The molecular weight excluding hydrogens is 290 g/mol. The van der Waals surface area contributed by atoms with Crippen molar-refractivity contribution in [1.29, 1.82) is 0 Å². The number of carbonyl (C=O) groups excluding carboxylic acids is 1. The lowest BCUT2D eigenvalue weighted by atomic mass is 10.2. The first-order chi connectivity index (χ1) is 8.84. The fraction of sp³-hybridized carbons (Fsp3) is 0.417. The Morgan fingerprint density at radius 1 is 1.32 bits per heavy atom. The van der Waals surface area contributed by atoms with Gasteiger partial charge in [0.25, 0.3) is 0 Å². The molecule has 5 nitrogen and oxygen atoms in total. The quantitative estimate of drug-likeness (QED) is 0.641. The number of ether oxygens (including phenoxy) is 1. The van der Waals surface area contributed by atoms with E-state index in [-0.39, 0.29) is 23.7 Å². The third-order valence-electron chi connectivity index (χ3n) is 2.30. The van der Waals surface area contributed by atoms with Gasteiger partial charge in [0.2, 0.25) is 0 Å². The predicted octanol–water partition coefficient (Wildman–Crippen LogP) is 1.90. The van der Waals surface area contributed by atoms with E-state index < -0.39 is 15.8 Å². The molecule has 0 fully saturated rings. The molecule has 0 spiro atoms. The summed E-state index contributed by atoms with van der Waals surface area (Å²) in [6.45, 7) is 1.60. The SMILES string of the molecule is CCCS(=O)(=O)CCOC(=O)c1cc(N)cc(Cl)c1. The average Bonchev–Trinajstić information content (AvgIpc) is 2.27. The molecule has 0 heterocycles. The number of esters is 1. The first-order valence-corrected chi connectivity index (χ1v) is 7.97. The Morgan fingerprint density at radius 2 is 2.00 bits per heavy atom. The maximum atomic E-state index is 11.7. The van der Waals surface area contributed by atoms with E-state index in [4.69, 9.17) is 22.1 Å². The molecule has 0 aromatic heterocycles. The summed E-state index contributed by atoms with van der Waals surface area (Å²) in [7, 11) is -3.15.